The monoisotopic (exact) mass is 395 g/mol. The van der Waals surface area contributed by atoms with Gasteiger partial charge in [0, 0.05) is 10.3 Å². The second-order valence-corrected chi connectivity index (χ2v) is 8.28. The fraction of sp³-hybridized carbons (Fsp3) is 0.458. The molecule has 0 heterocycles. The van der Waals surface area contributed by atoms with Gasteiger partial charge >= 0.3 is 5.97 Å². The van der Waals surface area contributed by atoms with Crippen LogP contribution in [0.1, 0.15) is 37.3 Å². The summed E-state index contributed by atoms with van der Waals surface area (Å²) in [4.78, 5) is 23.5. The number of nitrogens with zero attached hydrogens (tertiary/aromatic N) is 1. The quantitative estimate of drug-likeness (QED) is 0.350. The van der Waals surface area contributed by atoms with Crippen LogP contribution in [0.2, 0.25) is 0 Å². The molecule has 0 bridgehead atoms. The summed E-state index contributed by atoms with van der Waals surface area (Å²) in [5.74, 6) is 0.270. The molecule has 0 radical (unpaired) electrons. The van der Waals surface area contributed by atoms with Gasteiger partial charge in [-0.3, -0.25) is 14.9 Å². The molecule has 0 N–H and O–H groups in total. The van der Waals surface area contributed by atoms with Crippen molar-refractivity contribution in [2.75, 3.05) is 13.2 Å². The Bertz CT molecular complexity index is 757. The zero-order chi connectivity index (χ0) is 20.7. The summed E-state index contributed by atoms with van der Waals surface area (Å²) in [6.07, 6.45) is 3.23. The van der Waals surface area contributed by atoms with E-state index < -0.39 is 5.41 Å². The van der Waals surface area contributed by atoms with E-state index in [2.05, 4.69) is 24.3 Å². The van der Waals surface area contributed by atoms with Crippen molar-refractivity contribution < 1.29 is 14.5 Å². The number of ether oxygens (including phenoxy) is 1. The van der Waals surface area contributed by atoms with Crippen molar-refractivity contribution in [3.05, 3.63) is 81.9 Å². The number of benzene rings is 2. The lowest BCUT2D eigenvalue weighted by Crippen LogP contribution is -2.31. The van der Waals surface area contributed by atoms with Crippen LogP contribution < -0.4 is 0 Å². The predicted molar refractivity (Wildman–Crippen MR) is 112 cm³/mol. The lowest BCUT2D eigenvalue weighted by molar-refractivity contribution is -0.497. The standard InChI is InChI=1S/C24H29NO4/c1-2-29-23(26)17-24(18-25(27)28)15-21(13-19-9-5-3-6-10-19)22(16-24)14-20-11-7-4-8-12-20/h3-12,21-22H,2,13-18H2,1H3/t21-,22-/m0/s1. The molecule has 0 amide bonds. The van der Waals surface area contributed by atoms with Crippen LogP contribution in [0.15, 0.2) is 60.7 Å². The summed E-state index contributed by atoms with van der Waals surface area (Å²) < 4.78 is 5.16. The molecule has 1 fully saturated rings. The normalized spacial score (nSPS) is 20.3. The van der Waals surface area contributed by atoms with Crippen LogP contribution in [0, 0.1) is 27.4 Å². The van der Waals surface area contributed by atoms with E-state index in [-0.39, 0.29) is 23.9 Å². The summed E-state index contributed by atoms with van der Waals surface area (Å²) in [5, 5.41) is 11.5. The molecular weight excluding hydrogens is 366 g/mol. The first-order valence-corrected chi connectivity index (χ1v) is 10.3. The van der Waals surface area contributed by atoms with Gasteiger partial charge in [0.2, 0.25) is 6.54 Å². The minimum Gasteiger partial charge on any atom is -0.466 e. The molecule has 2 atom stereocenters. The number of carbonyl (C=O) groups excluding carboxylic acids is 1. The first-order chi connectivity index (χ1) is 14.0. The molecule has 0 aromatic heterocycles. The van der Waals surface area contributed by atoms with Crippen molar-refractivity contribution >= 4 is 5.97 Å². The van der Waals surface area contributed by atoms with Gasteiger partial charge < -0.3 is 4.74 Å². The molecule has 0 spiro atoms. The average Bonchev–Trinajstić information content (AvgIpc) is 2.99. The second kappa shape index (κ2) is 9.68. The molecule has 2 aromatic carbocycles. The van der Waals surface area contributed by atoms with Crippen LogP contribution in [0.25, 0.3) is 0 Å². The highest BCUT2D eigenvalue weighted by Crippen LogP contribution is 2.50. The van der Waals surface area contributed by atoms with Gasteiger partial charge in [-0.1, -0.05) is 60.7 Å². The molecule has 3 rings (SSSR count). The number of carbonyl (C=O) groups is 1. The summed E-state index contributed by atoms with van der Waals surface area (Å²) in [6.45, 7) is 1.89. The van der Waals surface area contributed by atoms with Gasteiger partial charge in [-0.15, -0.1) is 0 Å². The van der Waals surface area contributed by atoms with E-state index >= 15 is 0 Å². The van der Waals surface area contributed by atoms with Gasteiger partial charge in [0.05, 0.1) is 13.0 Å². The van der Waals surface area contributed by atoms with Gasteiger partial charge in [-0.05, 0) is 55.6 Å². The van der Waals surface area contributed by atoms with Crippen molar-refractivity contribution in [3.8, 4) is 0 Å². The van der Waals surface area contributed by atoms with Gasteiger partial charge in [0.15, 0.2) is 0 Å². The zero-order valence-corrected chi connectivity index (χ0v) is 17.0. The summed E-state index contributed by atoms with van der Waals surface area (Å²) in [6, 6.07) is 20.5. The first-order valence-electron chi connectivity index (χ1n) is 10.3. The Morgan fingerprint density at radius 2 is 1.48 bits per heavy atom. The fourth-order valence-corrected chi connectivity index (χ4v) is 4.96. The highest BCUT2D eigenvalue weighted by atomic mass is 16.6. The highest BCUT2D eigenvalue weighted by molar-refractivity contribution is 5.70. The van der Waals surface area contributed by atoms with E-state index in [1.54, 1.807) is 6.92 Å². The van der Waals surface area contributed by atoms with E-state index in [9.17, 15) is 14.9 Å². The minimum absolute atomic E-state index is 0.123. The predicted octanol–water partition coefficient (Wildman–Crippen LogP) is 4.71. The fourth-order valence-electron chi connectivity index (χ4n) is 4.96. The minimum atomic E-state index is -0.630. The Kier molecular flexibility index (Phi) is 7.02. The first kappa shape index (κ1) is 21.0. The van der Waals surface area contributed by atoms with Crippen LogP contribution in [0.4, 0.5) is 0 Å². The number of esters is 1. The summed E-state index contributed by atoms with van der Waals surface area (Å²) in [7, 11) is 0. The molecule has 5 heteroatoms. The molecule has 154 valence electrons. The van der Waals surface area contributed by atoms with E-state index in [1.807, 2.05) is 36.4 Å². The summed E-state index contributed by atoms with van der Waals surface area (Å²) in [5.41, 5.74) is 1.85. The van der Waals surface area contributed by atoms with Crippen molar-refractivity contribution in [2.45, 2.75) is 39.0 Å². The Morgan fingerprint density at radius 1 is 1.00 bits per heavy atom. The molecule has 1 aliphatic carbocycles. The number of nitro groups is 1. The zero-order valence-electron chi connectivity index (χ0n) is 17.0. The SMILES string of the molecule is CCOC(=O)CC1(C[N+](=O)[O-])C[C@H](Cc2ccccc2)[C@@H](Cc2ccccc2)C1. The van der Waals surface area contributed by atoms with Crippen molar-refractivity contribution in [1.82, 2.24) is 0 Å². The van der Waals surface area contributed by atoms with Gasteiger partial charge in [-0.2, -0.15) is 0 Å². The van der Waals surface area contributed by atoms with Crippen molar-refractivity contribution in [2.24, 2.45) is 17.3 Å². The maximum atomic E-state index is 12.3. The van der Waals surface area contributed by atoms with Crippen LogP contribution in [-0.4, -0.2) is 24.0 Å². The molecule has 5 nitrogen and oxygen atoms in total. The van der Waals surface area contributed by atoms with E-state index in [0.717, 1.165) is 12.8 Å². The molecule has 0 saturated heterocycles. The number of hydrogen-bond acceptors (Lipinski definition) is 4. The van der Waals surface area contributed by atoms with Crippen molar-refractivity contribution in [1.29, 1.82) is 0 Å². The smallest absolute Gasteiger partial charge is 0.306 e. The molecule has 2 aromatic rings. The molecular formula is C24H29NO4. The third-order valence-corrected chi connectivity index (χ3v) is 6.03. The lowest BCUT2D eigenvalue weighted by atomic mass is 9.81. The maximum Gasteiger partial charge on any atom is 0.306 e. The highest BCUT2D eigenvalue weighted by Gasteiger charge is 2.49. The summed E-state index contributed by atoms with van der Waals surface area (Å²) >= 11 is 0. The molecule has 1 saturated carbocycles. The maximum absolute atomic E-state index is 12.3. The average molecular weight is 395 g/mol. The Labute approximate surface area is 172 Å². The number of rotatable bonds is 9. The second-order valence-electron chi connectivity index (χ2n) is 8.28. The molecule has 0 aliphatic heterocycles. The van der Waals surface area contributed by atoms with E-state index in [1.165, 1.54) is 11.1 Å². The number of hydrogen-bond donors (Lipinski definition) is 0. The van der Waals surface area contributed by atoms with Gasteiger partial charge in [0.25, 0.3) is 0 Å². The van der Waals surface area contributed by atoms with Crippen LogP contribution in [0.3, 0.4) is 0 Å². The third-order valence-electron chi connectivity index (χ3n) is 6.03. The van der Waals surface area contributed by atoms with Gasteiger partial charge in [0.1, 0.15) is 0 Å². The molecule has 29 heavy (non-hydrogen) atoms. The van der Waals surface area contributed by atoms with Crippen molar-refractivity contribution in [3.63, 3.8) is 0 Å². The Balaban J connectivity index is 1.85. The topological polar surface area (TPSA) is 69.4 Å². The van der Waals surface area contributed by atoms with Crippen LogP contribution in [-0.2, 0) is 22.4 Å². The Morgan fingerprint density at radius 3 is 1.90 bits per heavy atom. The lowest BCUT2D eigenvalue weighted by Gasteiger charge is -2.24. The Hall–Kier alpha value is -2.69. The largest absolute Gasteiger partial charge is 0.466 e. The van der Waals surface area contributed by atoms with Gasteiger partial charge in [-0.25, -0.2) is 0 Å². The van der Waals surface area contributed by atoms with Crippen LogP contribution in [0.5, 0.6) is 0 Å². The van der Waals surface area contributed by atoms with E-state index in [0.29, 0.717) is 31.3 Å². The third kappa shape index (κ3) is 5.89. The molecule has 0 unspecified atom stereocenters. The van der Waals surface area contributed by atoms with E-state index in [4.69, 9.17) is 4.74 Å². The molecule has 1 aliphatic rings. The van der Waals surface area contributed by atoms with Crippen LogP contribution >= 0.6 is 0 Å².